The number of aliphatic hydroxyl groups is 1. The molecule has 1 aromatic rings. The first-order valence-electron chi connectivity index (χ1n) is 5.97. The summed E-state index contributed by atoms with van der Waals surface area (Å²) in [7, 11) is 1.74. The van der Waals surface area contributed by atoms with Gasteiger partial charge in [0.1, 0.15) is 0 Å². The lowest BCUT2D eigenvalue weighted by Gasteiger charge is -2.20. The molecule has 1 aromatic heterocycles. The Balaban J connectivity index is 1.82. The first-order valence-corrected chi connectivity index (χ1v) is 5.97. The number of pyridine rings is 1. The van der Waals surface area contributed by atoms with Crippen LogP contribution in [0.4, 0.5) is 0 Å². The Kier molecular flexibility index (Phi) is 3.74. The standard InChI is InChI=1S/C13H18N2O2/c1-15(9-12(16)11-4-5-11)13(17)7-10-3-2-6-14-8-10/h2-3,6,8,11-12,16H,4-5,7,9H2,1H3. The Morgan fingerprint density at radius 1 is 1.65 bits per heavy atom. The van der Waals surface area contributed by atoms with E-state index in [2.05, 4.69) is 4.98 Å². The van der Waals surface area contributed by atoms with Crippen molar-refractivity contribution in [1.82, 2.24) is 9.88 Å². The topological polar surface area (TPSA) is 53.4 Å². The minimum absolute atomic E-state index is 0.0256. The van der Waals surface area contributed by atoms with Gasteiger partial charge in [0.25, 0.3) is 0 Å². The van der Waals surface area contributed by atoms with E-state index >= 15 is 0 Å². The van der Waals surface area contributed by atoms with Crippen molar-refractivity contribution in [2.75, 3.05) is 13.6 Å². The number of likely N-dealkylation sites (N-methyl/N-ethyl adjacent to an activating group) is 1. The fraction of sp³-hybridized carbons (Fsp3) is 0.538. The summed E-state index contributed by atoms with van der Waals surface area (Å²) in [5, 5.41) is 9.77. The van der Waals surface area contributed by atoms with Crippen LogP contribution in [0.5, 0.6) is 0 Å². The Labute approximate surface area is 101 Å². The number of aromatic nitrogens is 1. The minimum atomic E-state index is -0.363. The Morgan fingerprint density at radius 2 is 2.41 bits per heavy atom. The molecule has 0 aliphatic heterocycles. The number of amides is 1. The normalized spacial score (nSPS) is 16.6. The molecule has 0 spiro atoms. The Bertz CT molecular complexity index is 376. The molecule has 0 saturated heterocycles. The molecule has 1 unspecified atom stereocenters. The van der Waals surface area contributed by atoms with E-state index in [9.17, 15) is 9.90 Å². The van der Waals surface area contributed by atoms with Crippen LogP contribution in [0, 0.1) is 5.92 Å². The van der Waals surface area contributed by atoms with Gasteiger partial charge >= 0.3 is 0 Å². The van der Waals surface area contributed by atoms with Gasteiger partial charge in [0.15, 0.2) is 0 Å². The van der Waals surface area contributed by atoms with E-state index in [1.807, 2.05) is 12.1 Å². The van der Waals surface area contributed by atoms with Gasteiger partial charge in [-0.3, -0.25) is 9.78 Å². The zero-order chi connectivity index (χ0) is 12.3. The summed E-state index contributed by atoms with van der Waals surface area (Å²) in [5.74, 6) is 0.432. The molecule has 0 bridgehead atoms. The molecule has 1 fully saturated rings. The number of rotatable bonds is 5. The number of aliphatic hydroxyl groups excluding tert-OH is 1. The van der Waals surface area contributed by atoms with Crippen LogP contribution in [0.1, 0.15) is 18.4 Å². The number of nitrogens with zero attached hydrogens (tertiary/aromatic N) is 2. The van der Waals surface area contributed by atoms with Gasteiger partial charge < -0.3 is 10.0 Å². The Hall–Kier alpha value is -1.42. The van der Waals surface area contributed by atoms with Gasteiger partial charge in [-0.05, 0) is 30.4 Å². The van der Waals surface area contributed by atoms with E-state index in [-0.39, 0.29) is 12.0 Å². The number of hydrogen-bond donors (Lipinski definition) is 1. The molecule has 17 heavy (non-hydrogen) atoms. The molecular weight excluding hydrogens is 216 g/mol. The lowest BCUT2D eigenvalue weighted by molar-refractivity contribution is -0.130. The first-order chi connectivity index (χ1) is 8.16. The van der Waals surface area contributed by atoms with Crippen molar-refractivity contribution in [3.63, 3.8) is 0 Å². The third-order valence-corrected chi connectivity index (χ3v) is 3.13. The van der Waals surface area contributed by atoms with Crippen LogP contribution in [0.25, 0.3) is 0 Å². The summed E-state index contributed by atoms with van der Waals surface area (Å²) >= 11 is 0. The van der Waals surface area contributed by atoms with Crippen LogP contribution in [0.15, 0.2) is 24.5 Å². The minimum Gasteiger partial charge on any atom is -0.391 e. The SMILES string of the molecule is CN(CC(O)C1CC1)C(=O)Cc1cccnc1. The maximum absolute atomic E-state index is 11.9. The number of hydrogen-bond acceptors (Lipinski definition) is 3. The molecule has 0 aromatic carbocycles. The lowest BCUT2D eigenvalue weighted by atomic mass is 10.2. The third-order valence-electron chi connectivity index (χ3n) is 3.13. The van der Waals surface area contributed by atoms with Gasteiger partial charge in [-0.2, -0.15) is 0 Å². The highest BCUT2D eigenvalue weighted by Gasteiger charge is 2.31. The van der Waals surface area contributed by atoms with Crippen molar-refractivity contribution in [3.8, 4) is 0 Å². The van der Waals surface area contributed by atoms with E-state index in [1.54, 1.807) is 24.3 Å². The van der Waals surface area contributed by atoms with Crippen LogP contribution in [0.3, 0.4) is 0 Å². The molecule has 92 valence electrons. The van der Waals surface area contributed by atoms with Crippen molar-refractivity contribution in [1.29, 1.82) is 0 Å². The second-order valence-corrected chi connectivity index (χ2v) is 4.72. The van der Waals surface area contributed by atoms with Crippen molar-refractivity contribution in [2.45, 2.75) is 25.4 Å². The van der Waals surface area contributed by atoms with Gasteiger partial charge in [0, 0.05) is 26.0 Å². The summed E-state index contributed by atoms with van der Waals surface area (Å²) < 4.78 is 0. The molecule has 1 N–H and O–H groups in total. The maximum atomic E-state index is 11.9. The Morgan fingerprint density at radius 3 is 3.00 bits per heavy atom. The smallest absolute Gasteiger partial charge is 0.226 e. The molecule has 4 heteroatoms. The zero-order valence-corrected chi connectivity index (χ0v) is 10.0. The van der Waals surface area contributed by atoms with E-state index in [1.165, 1.54) is 0 Å². The second-order valence-electron chi connectivity index (χ2n) is 4.72. The van der Waals surface area contributed by atoms with Gasteiger partial charge in [-0.25, -0.2) is 0 Å². The van der Waals surface area contributed by atoms with E-state index < -0.39 is 0 Å². The average molecular weight is 234 g/mol. The molecule has 1 aliphatic carbocycles. The highest BCUT2D eigenvalue weighted by molar-refractivity contribution is 5.78. The fourth-order valence-electron chi connectivity index (χ4n) is 1.82. The van der Waals surface area contributed by atoms with Gasteiger partial charge in [-0.15, -0.1) is 0 Å². The van der Waals surface area contributed by atoms with Crippen LogP contribution in [-0.4, -0.2) is 40.6 Å². The molecular formula is C13H18N2O2. The lowest BCUT2D eigenvalue weighted by Crippen LogP contribution is -2.36. The largest absolute Gasteiger partial charge is 0.391 e. The summed E-state index contributed by atoms with van der Waals surface area (Å²) in [6, 6.07) is 3.71. The zero-order valence-electron chi connectivity index (χ0n) is 10.0. The molecule has 0 radical (unpaired) electrons. The molecule has 1 saturated carbocycles. The van der Waals surface area contributed by atoms with E-state index in [4.69, 9.17) is 0 Å². The summed E-state index contributed by atoms with van der Waals surface area (Å²) in [5.41, 5.74) is 0.908. The van der Waals surface area contributed by atoms with Crippen molar-refractivity contribution in [3.05, 3.63) is 30.1 Å². The highest BCUT2D eigenvalue weighted by atomic mass is 16.3. The van der Waals surface area contributed by atoms with Gasteiger partial charge in [0.05, 0.1) is 12.5 Å². The van der Waals surface area contributed by atoms with Crippen molar-refractivity contribution < 1.29 is 9.90 Å². The van der Waals surface area contributed by atoms with Crippen LogP contribution < -0.4 is 0 Å². The van der Waals surface area contributed by atoms with Crippen molar-refractivity contribution in [2.24, 2.45) is 5.92 Å². The van der Waals surface area contributed by atoms with Crippen LogP contribution >= 0.6 is 0 Å². The summed E-state index contributed by atoms with van der Waals surface area (Å²) in [6.07, 6.45) is 5.55. The fourth-order valence-corrected chi connectivity index (χ4v) is 1.82. The summed E-state index contributed by atoms with van der Waals surface area (Å²) in [6.45, 7) is 0.434. The predicted molar refractivity (Wildman–Crippen MR) is 64.3 cm³/mol. The molecule has 1 amide bonds. The van der Waals surface area contributed by atoms with Crippen LogP contribution in [-0.2, 0) is 11.2 Å². The monoisotopic (exact) mass is 234 g/mol. The third kappa shape index (κ3) is 3.53. The number of carbonyl (C=O) groups is 1. The quantitative estimate of drug-likeness (QED) is 0.822. The van der Waals surface area contributed by atoms with Gasteiger partial charge in [0.2, 0.25) is 5.91 Å². The molecule has 1 heterocycles. The molecule has 2 rings (SSSR count). The van der Waals surface area contributed by atoms with Crippen LogP contribution in [0.2, 0.25) is 0 Å². The molecule has 4 nitrogen and oxygen atoms in total. The summed E-state index contributed by atoms with van der Waals surface area (Å²) in [4.78, 5) is 17.5. The second kappa shape index (κ2) is 5.27. The van der Waals surface area contributed by atoms with E-state index in [0.29, 0.717) is 18.9 Å². The highest BCUT2D eigenvalue weighted by Crippen LogP contribution is 2.32. The first kappa shape index (κ1) is 12.0. The maximum Gasteiger partial charge on any atom is 0.226 e. The average Bonchev–Trinajstić information content (AvgIpc) is 3.14. The number of carbonyl (C=O) groups excluding carboxylic acids is 1. The predicted octanol–water partition coefficient (Wildman–Crippen LogP) is 0.853. The van der Waals surface area contributed by atoms with E-state index in [0.717, 1.165) is 18.4 Å². The molecule has 1 aliphatic rings. The molecule has 1 atom stereocenters. The van der Waals surface area contributed by atoms with Gasteiger partial charge in [-0.1, -0.05) is 6.07 Å². The van der Waals surface area contributed by atoms with Crippen molar-refractivity contribution >= 4 is 5.91 Å².